The smallest absolute Gasteiger partial charge is 0.343 e. The fourth-order valence-electron chi connectivity index (χ4n) is 2.89. The van der Waals surface area contributed by atoms with Crippen LogP contribution in [0.3, 0.4) is 0 Å². The van der Waals surface area contributed by atoms with Crippen molar-refractivity contribution in [1.82, 2.24) is 4.98 Å². The molecule has 7 nitrogen and oxygen atoms in total. The lowest BCUT2D eigenvalue weighted by Gasteiger charge is -2.10. The highest BCUT2D eigenvalue weighted by Gasteiger charge is 2.16. The van der Waals surface area contributed by atoms with Gasteiger partial charge in [-0.25, -0.2) is 4.79 Å². The Hall–Kier alpha value is -4.13. The summed E-state index contributed by atoms with van der Waals surface area (Å²) in [6.07, 6.45) is 3.01. The Labute approximate surface area is 171 Å². The van der Waals surface area contributed by atoms with Gasteiger partial charge in [0.05, 0.1) is 18.1 Å². The van der Waals surface area contributed by atoms with E-state index in [-0.39, 0.29) is 22.5 Å². The first-order chi connectivity index (χ1) is 14.5. The fourth-order valence-corrected chi connectivity index (χ4v) is 2.89. The number of rotatable bonds is 5. The van der Waals surface area contributed by atoms with Gasteiger partial charge in [0.25, 0.3) is 0 Å². The maximum Gasteiger partial charge on any atom is 0.343 e. The van der Waals surface area contributed by atoms with Crippen LogP contribution >= 0.6 is 0 Å². The number of nitrogens with zero attached hydrogens (tertiary/aromatic N) is 1. The summed E-state index contributed by atoms with van der Waals surface area (Å²) in [6, 6.07) is 14.6. The monoisotopic (exact) mass is 403 g/mol. The van der Waals surface area contributed by atoms with E-state index >= 15 is 0 Å². The molecule has 0 unspecified atom stereocenters. The second-order valence-electron chi connectivity index (χ2n) is 6.38. The van der Waals surface area contributed by atoms with Gasteiger partial charge < -0.3 is 18.6 Å². The molecule has 0 radical (unpaired) electrons. The van der Waals surface area contributed by atoms with Crippen LogP contribution in [0.25, 0.3) is 11.0 Å². The number of benzene rings is 2. The number of carbonyl (C=O) groups excluding carboxylic acids is 1. The lowest BCUT2D eigenvalue weighted by atomic mass is 10.2. The van der Waals surface area contributed by atoms with Gasteiger partial charge in [-0.2, -0.15) is 0 Å². The third kappa shape index (κ3) is 3.86. The van der Waals surface area contributed by atoms with Crippen molar-refractivity contribution in [2.75, 3.05) is 7.11 Å². The van der Waals surface area contributed by atoms with Crippen LogP contribution in [0.2, 0.25) is 0 Å². The number of hydrogen-bond acceptors (Lipinski definition) is 7. The highest BCUT2D eigenvalue weighted by atomic mass is 16.5. The van der Waals surface area contributed by atoms with E-state index in [1.165, 1.54) is 30.6 Å². The number of pyridine rings is 1. The van der Waals surface area contributed by atoms with E-state index in [9.17, 15) is 9.59 Å². The van der Waals surface area contributed by atoms with Crippen LogP contribution in [-0.4, -0.2) is 18.1 Å². The molecule has 30 heavy (non-hydrogen) atoms. The van der Waals surface area contributed by atoms with E-state index < -0.39 is 5.97 Å². The molecule has 0 fully saturated rings. The molecular weight excluding hydrogens is 386 g/mol. The summed E-state index contributed by atoms with van der Waals surface area (Å²) in [7, 11) is 1.55. The van der Waals surface area contributed by atoms with Crippen LogP contribution in [0.1, 0.15) is 16.1 Å². The third-order valence-electron chi connectivity index (χ3n) is 4.37. The van der Waals surface area contributed by atoms with Gasteiger partial charge in [-0.1, -0.05) is 6.07 Å². The van der Waals surface area contributed by atoms with E-state index in [0.29, 0.717) is 28.2 Å². The van der Waals surface area contributed by atoms with Gasteiger partial charge in [0.1, 0.15) is 28.6 Å². The van der Waals surface area contributed by atoms with E-state index in [4.69, 9.17) is 18.6 Å². The summed E-state index contributed by atoms with van der Waals surface area (Å²) in [4.78, 5) is 29.0. The quantitative estimate of drug-likeness (QED) is 0.358. The first-order valence-electron chi connectivity index (χ1n) is 9.07. The normalized spacial score (nSPS) is 10.6. The minimum Gasteiger partial charge on any atom is -0.497 e. The zero-order valence-electron chi connectivity index (χ0n) is 16.2. The van der Waals surface area contributed by atoms with Gasteiger partial charge in [-0.05, 0) is 43.3 Å². The molecule has 0 saturated heterocycles. The summed E-state index contributed by atoms with van der Waals surface area (Å²) >= 11 is 0. The van der Waals surface area contributed by atoms with Crippen molar-refractivity contribution < 1.29 is 23.4 Å². The third-order valence-corrected chi connectivity index (χ3v) is 4.37. The molecular formula is C23H17NO6. The molecule has 2 aromatic heterocycles. The average molecular weight is 403 g/mol. The number of aryl methyl sites for hydroxylation is 1. The number of ether oxygens (including phenoxy) is 3. The number of carbonyl (C=O) groups is 1. The van der Waals surface area contributed by atoms with Crippen LogP contribution in [0.4, 0.5) is 0 Å². The summed E-state index contributed by atoms with van der Waals surface area (Å²) in [5, 5.41) is 0.308. The molecule has 0 aliphatic rings. The number of fused-ring (bicyclic) bond motifs is 1. The number of methoxy groups -OCH3 is 1. The maximum atomic E-state index is 12.9. The summed E-state index contributed by atoms with van der Waals surface area (Å²) in [6.45, 7) is 1.63. The van der Waals surface area contributed by atoms with Crippen LogP contribution < -0.4 is 19.6 Å². The molecule has 0 N–H and O–H groups in total. The number of hydrogen-bond donors (Lipinski definition) is 0. The van der Waals surface area contributed by atoms with Crippen LogP contribution in [-0.2, 0) is 0 Å². The Kier molecular flexibility index (Phi) is 5.17. The SMILES string of the molecule is COc1cccc(Oc2c(C)oc3cc(OC(=O)c4ccncc4)ccc3c2=O)c1. The highest BCUT2D eigenvalue weighted by Crippen LogP contribution is 2.29. The van der Waals surface area contributed by atoms with Gasteiger partial charge in [-0.3, -0.25) is 9.78 Å². The van der Waals surface area contributed by atoms with Gasteiger partial charge in [0.15, 0.2) is 0 Å². The topological polar surface area (TPSA) is 87.9 Å². The van der Waals surface area contributed by atoms with E-state index in [1.807, 2.05) is 0 Å². The van der Waals surface area contributed by atoms with Crippen LogP contribution in [0, 0.1) is 6.92 Å². The van der Waals surface area contributed by atoms with Crippen molar-refractivity contribution in [2.24, 2.45) is 0 Å². The Morgan fingerprint density at radius 2 is 1.73 bits per heavy atom. The zero-order chi connectivity index (χ0) is 21.1. The van der Waals surface area contributed by atoms with Crippen LogP contribution in [0.5, 0.6) is 23.0 Å². The first-order valence-corrected chi connectivity index (χ1v) is 9.07. The van der Waals surface area contributed by atoms with Gasteiger partial charge in [-0.15, -0.1) is 0 Å². The molecule has 2 aromatic carbocycles. The van der Waals surface area contributed by atoms with E-state index in [2.05, 4.69) is 4.98 Å². The minimum absolute atomic E-state index is 0.0808. The minimum atomic E-state index is -0.534. The van der Waals surface area contributed by atoms with Crippen molar-refractivity contribution in [3.63, 3.8) is 0 Å². The zero-order valence-corrected chi connectivity index (χ0v) is 16.2. The van der Waals surface area contributed by atoms with Gasteiger partial charge in [0.2, 0.25) is 11.2 Å². The Morgan fingerprint density at radius 3 is 2.50 bits per heavy atom. The molecule has 4 aromatic rings. The lowest BCUT2D eigenvalue weighted by molar-refractivity contribution is 0.0735. The summed E-state index contributed by atoms with van der Waals surface area (Å²) < 4.78 is 22.1. The molecule has 0 amide bonds. The molecule has 7 heteroatoms. The summed E-state index contributed by atoms with van der Waals surface area (Å²) in [5.74, 6) is 1.16. The molecule has 4 rings (SSSR count). The average Bonchev–Trinajstić information content (AvgIpc) is 2.77. The Balaban J connectivity index is 1.65. The first kappa shape index (κ1) is 19.2. The van der Waals surface area contributed by atoms with Gasteiger partial charge >= 0.3 is 5.97 Å². The van der Waals surface area contributed by atoms with Crippen molar-refractivity contribution in [3.8, 4) is 23.0 Å². The molecule has 2 heterocycles. The Bertz CT molecular complexity index is 1280. The van der Waals surface area contributed by atoms with Crippen molar-refractivity contribution in [2.45, 2.75) is 6.92 Å². The number of aromatic nitrogens is 1. The van der Waals surface area contributed by atoms with Crippen LogP contribution in [0.15, 0.2) is 76.2 Å². The molecule has 0 saturated carbocycles. The Morgan fingerprint density at radius 1 is 0.967 bits per heavy atom. The standard InChI is InChI=1S/C23H17NO6/c1-14-22(29-17-5-3-4-16(12-17)27-2)21(25)19-7-6-18(13-20(19)28-14)30-23(26)15-8-10-24-11-9-15/h3-13H,1-2H3. The summed E-state index contributed by atoms with van der Waals surface area (Å²) in [5.41, 5.74) is 0.323. The molecule has 0 spiro atoms. The number of esters is 1. The second-order valence-corrected chi connectivity index (χ2v) is 6.38. The van der Waals surface area contributed by atoms with Crippen molar-refractivity contribution in [1.29, 1.82) is 0 Å². The molecule has 150 valence electrons. The van der Waals surface area contributed by atoms with Gasteiger partial charge in [0, 0.05) is 24.5 Å². The predicted octanol–water partition coefficient (Wildman–Crippen LogP) is 4.52. The highest BCUT2D eigenvalue weighted by molar-refractivity contribution is 5.91. The second kappa shape index (κ2) is 8.08. The largest absolute Gasteiger partial charge is 0.497 e. The fraction of sp³-hybridized carbons (Fsp3) is 0.0870. The van der Waals surface area contributed by atoms with E-state index in [1.54, 1.807) is 50.4 Å². The molecule has 0 bridgehead atoms. The lowest BCUT2D eigenvalue weighted by Crippen LogP contribution is -2.10. The van der Waals surface area contributed by atoms with E-state index in [0.717, 1.165) is 0 Å². The molecule has 0 aliphatic heterocycles. The van der Waals surface area contributed by atoms with Crippen molar-refractivity contribution >= 4 is 16.9 Å². The maximum absolute atomic E-state index is 12.9. The predicted molar refractivity (Wildman–Crippen MR) is 109 cm³/mol. The van der Waals surface area contributed by atoms with Crippen molar-refractivity contribution in [3.05, 3.63) is 88.5 Å². The molecule has 0 aliphatic carbocycles. The molecule has 0 atom stereocenters.